The maximum Gasteiger partial charge on any atom is 0.344 e. The first-order valence-corrected chi connectivity index (χ1v) is 9.62. The zero-order valence-corrected chi connectivity index (χ0v) is 15.2. The zero-order valence-electron chi connectivity index (χ0n) is 14.4. The van der Waals surface area contributed by atoms with Crippen LogP contribution in [-0.4, -0.2) is 37.8 Å². The van der Waals surface area contributed by atoms with Crippen LogP contribution in [0.1, 0.15) is 0 Å². The van der Waals surface area contributed by atoms with Gasteiger partial charge in [0.05, 0.1) is 17.4 Å². The number of rotatable bonds is 4. The van der Waals surface area contributed by atoms with Gasteiger partial charge in [0.15, 0.2) is 0 Å². The third kappa shape index (κ3) is 3.02. The summed E-state index contributed by atoms with van der Waals surface area (Å²) in [5.74, 6) is 0.683. The van der Waals surface area contributed by atoms with E-state index in [2.05, 4.69) is 38.1 Å². The maximum absolute atomic E-state index is 11.7. The lowest BCUT2D eigenvalue weighted by atomic mass is 10.0. The normalized spacial score (nSPS) is 12.3. The molecule has 0 aliphatic heterocycles. The molecule has 0 spiro atoms. The number of nitrogens with one attached hydrogen (secondary N) is 1. The molecule has 0 aliphatic carbocycles. The van der Waals surface area contributed by atoms with E-state index >= 15 is 0 Å². The highest BCUT2D eigenvalue weighted by Gasteiger charge is 2.15. The summed E-state index contributed by atoms with van der Waals surface area (Å²) in [6, 6.07) is 16.1. The van der Waals surface area contributed by atoms with Crippen LogP contribution in [0.25, 0.3) is 22.2 Å². The molecule has 2 heterocycles. The average molecular weight is 363 g/mol. The molecule has 130 valence electrons. The van der Waals surface area contributed by atoms with Crippen LogP contribution < -0.4 is 4.90 Å². The Labute approximate surface area is 154 Å². The number of aromatic amines is 1. The number of hydrogen-bond acceptors (Lipinski definition) is 5. The van der Waals surface area contributed by atoms with Gasteiger partial charge in [0, 0.05) is 35.7 Å². The van der Waals surface area contributed by atoms with Crippen LogP contribution >= 0.6 is 0 Å². The predicted molar refractivity (Wildman–Crippen MR) is 104 cm³/mol. The zero-order chi connectivity index (χ0) is 18.1. The Balaban J connectivity index is 1.83. The van der Waals surface area contributed by atoms with E-state index in [-0.39, 0.29) is 0 Å². The van der Waals surface area contributed by atoms with Gasteiger partial charge in [-0.2, -0.15) is 9.97 Å². The third-order valence-electron chi connectivity index (χ3n) is 4.20. The van der Waals surface area contributed by atoms with Gasteiger partial charge in [-0.25, -0.2) is 4.98 Å². The summed E-state index contributed by atoms with van der Waals surface area (Å²) in [6.45, 7) is 0. The summed E-state index contributed by atoms with van der Waals surface area (Å²) in [4.78, 5) is 18.1. The highest BCUT2D eigenvalue weighted by atomic mass is 32.2. The van der Waals surface area contributed by atoms with Gasteiger partial charge in [-0.3, -0.25) is 0 Å². The molecule has 0 bridgehead atoms. The number of fused-ring (bicyclic) bond motifs is 1. The van der Waals surface area contributed by atoms with E-state index in [9.17, 15) is 4.55 Å². The van der Waals surface area contributed by atoms with Crippen LogP contribution in [0.3, 0.4) is 0 Å². The molecular formula is C19H17N5OS. The fraction of sp³-hybridized carbons (Fsp3) is 0.105. The number of H-pyrrole nitrogens is 1. The second-order valence-electron chi connectivity index (χ2n) is 5.87. The summed E-state index contributed by atoms with van der Waals surface area (Å²) in [5.41, 5.74) is 4.96. The molecule has 0 radical (unpaired) electrons. The van der Waals surface area contributed by atoms with Crippen molar-refractivity contribution < 1.29 is 4.55 Å². The van der Waals surface area contributed by atoms with Gasteiger partial charge >= 0.3 is 5.16 Å². The van der Waals surface area contributed by atoms with Gasteiger partial charge < -0.3 is 14.4 Å². The summed E-state index contributed by atoms with van der Waals surface area (Å²) >= 11 is -1.23. The van der Waals surface area contributed by atoms with Crippen molar-refractivity contribution in [3.63, 3.8) is 0 Å². The van der Waals surface area contributed by atoms with Gasteiger partial charge in [-0.05, 0) is 23.8 Å². The number of hydrogen-bond donors (Lipinski definition) is 1. The van der Waals surface area contributed by atoms with Crippen LogP contribution in [0.15, 0.2) is 66.2 Å². The Morgan fingerprint density at radius 2 is 1.88 bits per heavy atom. The smallest absolute Gasteiger partial charge is 0.344 e. The number of aromatic nitrogens is 4. The molecule has 1 unspecified atom stereocenters. The number of nitrogens with zero attached hydrogens (tertiary/aromatic N) is 4. The van der Waals surface area contributed by atoms with Crippen molar-refractivity contribution in [3.05, 3.63) is 61.1 Å². The van der Waals surface area contributed by atoms with E-state index in [4.69, 9.17) is 0 Å². The Hall–Kier alpha value is -2.90. The van der Waals surface area contributed by atoms with E-state index in [0.717, 1.165) is 27.8 Å². The number of anilines is 2. The van der Waals surface area contributed by atoms with Crippen molar-refractivity contribution in [3.8, 4) is 11.1 Å². The SMILES string of the molecule is CN(c1cc(-c2ccccc2)c2nc[nH]c2c1)c1ccnc([S+](C)[O-])n1. The first-order chi connectivity index (χ1) is 12.6. The van der Waals surface area contributed by atoms with E-state index in [1.807, 2.05) is 36.2 Å². The first-order valence-electron chi connectivity index (χ1n) is 8.06. The largest absolute Gasteiger partial charge is 0.609 e. The summed E-state index contributed by atoms with van der Waals surface area (Å²) in [5, 5.41) is 0.320. The summed E-state index contributed by atoms with van der Waals surface area (Å²) in [7, 11) is 1.93. The molecule has 0 fully saturated rings. The van der Waals surface area contributed by atoms with Crippen LogP contribution in [-0.2, 0) is 11.2 Å². The molecule has 4 rings (SSSR count). The lowest BCUT2D eigenvalue weighted by Gasteiger charge is -2.19. The van der Waals surface area contributed by atoms with Crippen LogP contribution in [0.4, 0.5) is 11.5 Å². The van der Waals surface area contributed by atoms with Gasteiger partial charge in [0.2, 0.25) is 0 Å². The number of imidazole rings is 1. The van der Waals surface area contributed by atoms with Crippen molar-refractivity contribution in [2.75, 3.05) is 18.2 Å². The molecule has 26 heavy (non-hydrogen) atoms. The first kappa shape index (κ1) is 16.6. The third-order valence-corrected chi connectivity index (χ3v) is 4.91. The Bertz CT molecular complexity index is 1050. The van der Waals surface area contributed by atoms with Crippen molar-refractivity contribution in [1.29, 1.82) is 0 Å². The minimum atomic E-state index is -1.23. The molecule has 0 saturated carbocycles. The summed E-state index contributed by atoms with van der Waals surface area (Å²) in [6.07, 6.45) is 4.90. The van der Waals surface area contributed by atoms with Crippen molar-refractivity contribution >= 4 is 33.7 Å². The topological polar surface area (TPSA) is 80.8 Å². The Morgan fingerprint density at radius 1 is 1.08 bits per heavy atom. The Kier molecular flexibility index (Phi) is 4.32. The van der Waals surface area contributed by atoms with E-state index < -0.39 is 11.2 Å². The van der Waals surface area contributed by atoms with Crippen molar-refractivity contribution in [2.45, 2.75) is 5.16 Å². The van der Waals surface area contributed by atoms with Crippen molar-refractivity contribution in [1.82, 2.24) is 19.9 Å². The van der Waals surface area contributed by atoms with Gasteiger partial charge in [-0.1, -0.05) is 30.3 Å². The van der Waals surface area contributed by atoms with Crippen LogP contribution in [0, 0.1) is 0 Å². The summed E-state index contributed by atoms with van der Waals surface area (Å²) < 4.78 is 11.7. The fourth-order valence-corrected chi connectivity index (χ4v) is 3.29. The second kappa shape index (κ2) is 6.78. The monoisotopic (exact) mass is 363 g/mol. The highest BCUT2D eigenvalue weighted by molar-refractivity contribution is 7.90. The van der Waals surface area contributed by atoms with Gasteiger partial charge in [0.1, 0.15) is 12.1 Å². The van der Waals surface area contributed by atoms with E-state index in [1.165, 1.54) is 0 Å². The van der Waals surface area contributed by atoms with E-state index in [1.54, 1.807) is 24.8 Å². The standard InChI is InChI=1S/C19H17N5OS/c1-24(17-8-9-20-19(23-17)26(2)25)14-10-15(13-6-4-3-5-7-13)18-16(11-14)21-12-22-18/h3-12H,1-2H3,(H,21,22). The van der Waals surface area contributed by atoms with E-state index in [0.29, 0.717) is 11.0 Å². The molecule has 2 aromatic heterocycles. The average Bonchev–Trinajstić information content (AvgIpc) is 3.16. The van der Waals surface area contributed by atoms with Crippen LogP contribution in [0.2, 0.25) is 0 Å². The number of benzene rings is 2. The second-order valence-corrected chi connectivity index (χ2v) is 7.14. The molecule has 1 atom stereocenters. The van der Waals surface area contributed by atoms with Gasteiger partial charge in [0.25, 0.3) is 0 Å². The molecule has 4 aromatic rings. The fourth-order valence-electron chi connectivity index (χ4n) is 2.86. The maximum atomic E-state index is 11.7. The van der Waals surface area contributed by atoms with Crippen molar-refractivity contribution in [2.24, 2.45) is 0 Å². The quantitative estimate of drug-likeness (QED) is 0.443. The molecule has 7 heteroatoms. The van der Waals surface area contributed by atoms with Crippen LogP contribution in [0.5, 0.6) is 0 Å². The molecule has 0 saturated heterocycles. The van der Waals surface area contributed by atoms with Gasteiger partial charge in [-0.15, -0.1) is 0 Å². The minimum absolute atomic E-state index is 0.320. The minimum Gasteiger partial charge on any atom is -0.609 e. The molecular weight excluding hydrogens is 346 g/mol. The molecule has 0 amide bonds. The molecule has 0 aliphatic rings. The predicted octanol–water partition coefficient (Wildman–Crippen LogP) is 3.53. The lowest BCUT2D eigenvalue weighted by molar-refractivity contribution is 0.592. The molecule has 2 aromatic carbocycles. The Morgan fingerprint density at radius 3 is 2.65 bits per heavy atom. The highest BCUT2D eigenvalue weighted by Crippen LogP contribution is 2.33. The molecule has 6 nitrogen and oxygen atoms in total. The molecule has 1 N–H and O–H groups in total. The lowest BCUT2D eigenvalue weighted by Crippen LogP contribution is -2.14.